The van der Waals surface area contributed by atoms with Gasteiger partial charge >= 0.3 is 5.97 Å². The molecule has 1 aromatic rings. The van der Waals surface area contributed by atoms with Crippen LogP contribution in [0.1, 0.15) is 38.8 Å². The van der Waals surface area contributed by atoms with Crippen molar-refractivity contribution in [2.45, 2.75) is 38.7 Å². The first-order valence-electron chi connectivity index (χ1n) is 5.72. The van der Waals surface area contributed by atoms with Crippen LogP contribution in [0.15, 0.2) is 18.2 Å². The summed E-state index contributed by atoms with van der Waals surface area (Å²) in [7, 11) is 0. The molecule has 0 radical (unpaired) electrons. The van der Waals surface area contributed by atoms with Crippen LogP contribution in [0.3, 0.4) is 0 Å². The number of esters is 1. The van der Waals surface area contributed by atoms with Gasteiger partial charge in [0.25, 0.3) is 0 Å². The van der Waals surface area contributed by atoms with Gasteiger partial charge in [0.2, 0.25) is 5.95 Å². The first kappa shape index (κ1) is 12.0. The third kappa shape index (κ3) is 3.02. The summed E-state index contributed by atoms with van der Waals surface area (Å²) >= 11 is 0. The van der Waals surface area contributed by atoms with Crippen LogP contribution in [0.25, 0.3) is 0 Å². The van der Waals surface area contributed by atoms with E-state index in [0.29, 0.717) is 12.1 Å². The number of ether oxygens (including phenoxy) is 1. The quantitative estimate of drug-likeness (QED) is 0.586. The summed E-state index contributed by atoms with van der Waals surface area (Å²) in [4.78, 5) is 15.5. The van der Waals surface area contributed by atoms with E-state index >= 15 is 0 Å². The molecule has 1 saturated carbocycles. The van der Waals surface area contributed by atoms with Gasteiger partial charge in [-0.2, -0.15) is 4.39 Å². The van der Waals surface area contributed by atoms with E-state index in [1.165, 1.54) is 6.07 Å². The van der Waals surface area contributed by atoms with Gasteiger partial charge in [0.1, 0.15) is 5.60 Å². The Labute approximate surface area is 100 Å². The van der Waals surface area contributed by atoms with E-state index in [2.05, 4.69) is 4.98 Å². The Hall–Kier alpha value is -1.45. The van der Waals surface area contributed by atoms with Crippen LogP contribution in [0, 0.1) is 11.9 Å². The fourth-order valence-electron chi connectivity index (χ4n) is 1.79. The molecule has 0 spiro atoms. The molecule has 4 heteroatoms. The summed E-state index contributed by atoms with van der Waals surface area (Å²) in [6.07, 6.45) is 0.700. The molecule has 1 aliphatic carbocycles. The summed E-state index contributed by atoms with van der Waals surface area (Å²) in [5.74, 6) is -0.866. The number of rotatable bonds is 2. The zero-order chi connectivity index (χ0) is 12.6. The van der Waals surface area contributed by atoms with Crippen LogP contribution < -0.4 is 0 Å². The average molecular weight is 237 g/mol. The van der Waals surface area contributed by atoms with Crippen molar-refractivity contribution in [1.82, 2.24) is 4.98 Å². The lowest BCUT2D eigenvalue weighted by Crippen LogP contribution is -2.25. The Bertz CT molecular complexity index is 439. The van der Waals surface area contributed by atoms with Gasteiger partial charge in [0.05, 0.1) is 5.92 Å². The average Bonchev–Trinajstić information content (AvgIpc) is 2.94. The fourth-order valence-corrected chi connectivity index (χ4v) is 1.79. The maximum Gasteiger partial charge on any atom is 0.310 e. The zero-order valence-electron chi connectivity index (χ0n) is 10.2. The molecular weight excluding hydrogens is 221 g/mol. The molecule has 2 unspecified atom stereocenters. The van der Waals surface area contributed by atoms with Crippen molar-refractivity contribution in [3.05, 3.63) is 29.8 Å². The SMILES string of the molecule is CC(C)(C)OC(=O)C1CC1c1cccc(F)n1. The van der Waals surface area contributed by atoms with Crippen molar-refractivity contribution >= 4 is 5.97 Å². The Morgan fingerprint density at radius 3 is 2.76 bits per heavy atom. The van der Waals surface area contributed by atoms with Crippen LogP contribution in [-0.2, 0) is 9.53 Å². The highest BCUT2D eigenvalue weighted by molar-refractivity contribution is 5.77. The van der Waals surface area contributed by atoms with Crippen molar-refractivity contribution in [3.63, 3.8) is 0 Å². The predicted molar refractivity (Wildman–Crippen MR) is 60.9 cm³/mol. The third-order valence-electron chi connectivity index (χ3n) is 2.62. The summed E-state index contributed by atoms with van der Waals surface area (Å²) in [6, 6.07) is 4.66. The largest absolute Gasteiger partial charge is 0.460 e. The number of aromatic nitrogens is 1. The highest BCUT2D eigenvalue weighted by atomic mass is 19.1. The zero-order valence-corrected chi connectivity index (χ0v) is 10.2. The van der Waals surface area contributed by atoms with Gasteiger partial charge < -0.3 is 4.74 Å². The number of hydrogen-bond donors (Lipinski definition) is 0. The monoisotopic (exact) mass is 237 g/mol. The van der Waals surface area contributed by atoms with Gasteiger partial charge in [-0.1, -0.05) is 6.07 Å². The highest BCUT2D eigenvalue weighted by Gasteiger charge is 2.47. The van der Waals surface area contributed by atoms with Gasteiger partial charge in [-0.3, -0.25) is 4.79 Å². The van der Waals surface area contributed by atoms with Crippen LogP contribution >= 0.6 is 0 Å². The second kappa shape index (κ2) is 4.09. The van der Waals surface area contributed by atoms with Crippen LogP contribution in [-0.4, -0.2) is 16.6 Å². The molecule has 17 heavy (non-hydrogen) atoms. The highest BCUT2D eigenvalue weighted by Crippen LogP contribution is 2.47. The van der Waals surface area contributed by atoms with E-state index in [1.807, 2.05) is 20.8 Å². The minimum Gasteiger partial charge on any atom is -0.460 e. The van der Waals surface area contributed by atoms with Gasteiger partial charge in [-0.15, -0.1) is 0 Å². The Morgan fingerprint density at radius 2 is 2.18 bits per heavy atom. The molecule has 92 valence electrons. The Balaban J connectivity index is 1.99. The van der Waals surface area contributed by atoms with Crippen molar-refractivity contribution in [3.8, 4) is 0 Å². The van der Waals surface area contributed by atoms with Crippen molar-refractivity contribution in [2.24, 2.45) is 5.92 Å². The van der Waals surface area contributed by atoms with E-state index in [9.17, 15) is 9.18 Å². The summed E-state index contributed by atoms with van der Waals surface area (Å²) in [6.45, 7) is 5.51. The lowest BCUT2D eigenvalue weighted by atomic mass is 10.2. The number of halogens is 1. The first-order chi connectivity index (χ1) is 7.87. The predicted octanol–water partition coefficient (Wildman–Crippen LogP) is 2.67. The molecule has 0 amide bonds. The van der Waals surface area contributed by atoms with Crippen molar-refractivity contribution in [1.29, 1.82) is 0 Å². The minimum atomic E-state index is -0.502. The molecular formula is C13H16FNO2. The maximum absolute atomic E-state index is 12.9. The molecule has 0 N–H and O–H groups in total. The molecule has 0 aliphatic heterocycles. The smallest absolute Gasteiger partial charge is 0.310 e. The topological polar surface area (TPSA) is 39.2 Å². The molecule has 1 fully saturated rings. The van der Waals surface area contributed by atoms with Gasteiger partial charge in [0, 0.05) is 11.6 Å². The normalized spacial score (nSPS) is 23.3. The standard InChI is InChI=1S/C13H16FNO2/c1-13(2,3)17-12(16)9-7-8(9)10-5-4-6-11(14)15-10/h4-6,8-9H,7H2,1-3H3. The molecule has 1 aromatic heterocycles. The van der Waals surface area contributed by atoms with E-state index in [1.54, 1.807) is 12.1 Å². The second-order valence-corrected chi connectivity index (χ2v) is 5.37. The molecule has 0 aromatic carbocycles. The van der Waals surface area contributed by atoms with Gasteiger partial charge in [0.15, 0.2) is 0 Å². The van der Waals surface area contributed by atoms with Crippen LogP contribution in [0.4, 0.5) is 4.39 Å². The second-order valence-electron chi connectivity index (χ2n) is 5.37. The molecule has 1 aliphatic rings. The number of carbonyl (C=O) groups is 1. The van der Waals surface area contributed by atoms with Crippen molar-refractivity contribution < 1.29 is 13.9 Å². The van der Waals surface area contributed by atoms with E-state index < -0.39 is 11.5 Å². The Kier molecular flexibility index (Phi) is 2.89. The number of carbonyl (C=O) groups excluding carboxylic acids is 1. The Morgan fingerprint density at radius 1 is 1.47 bits per heavy atom. The summed E-state index contributed by atoms with van der Waals surface area (Å²) < 4.78 is 18.2. The van der Waals surface area contributed by atoms with Crippen LogP contribution in [0.5, 0.6) is 0 Å². The summed E-state index contributed by atoms with van der Waals surface area (Å²) in [5.41, 5.74) is 0.167. The molecule has 0 bridgehead atoms. The van der Waals surface area contributed by atoms with E-state index in [0.717, 1.165) is 0 Å². The minimum absolute atomic E-state index is 0.0144. The number of hydrogen-bond acceptors (Lipinski definition) is 3. The van der Waals surface area contributed by atoms with Crippen LogP contribution in [0.2, 0.25) is 0 Å². The third-order valence-corrected chi connectivity index (χ3v) is 2.62. The van der Waals surface area contributed by atoms with Crippen molar-refractivity contribution in [2.75, 3.05) is 0 Å². The van der Waals surface area contributed by atoms with Gasteiger partial charge in [-0.05, 0) is 39.3 Å². The molecule has 2 rings (SSSR count). The first-order valence-corrected chi connectivity index (χ1v) is 5.72. The van der Waals surface area contributed by atoms with Gasteiger partial charge in [-0.25, -0.2) is 4.98 Å². The van der Waals surface area contributed by atoms with E-state index in [4.69, 9.17) is 4.74 Å². The lowest BCUT2D eigenvalue weighted by Gasteiger charge is -2.19. The van der Waals surface area contributed by atoms with E-state index in [-0.39, 0.29) is 17.8 Å². The molecule has 0 saturated heterocycles. The molecule has 3 nitrogen and oxygen atoms in total. The lowest BCUT2D eigenvalue weighted by molar-refractivity contribution is -0.156. The maximum atomic E-state index is 12.9. The molecule has 2 atom stereocenters. The fraction of sp³-hybridized carbons (Fsp3) is 0.538. The number of pyridine rings is 1. The number of nitrogens with zero attached hydrogens (tertiary/aromatic N) is 1. The molecule has 1 heterocycles. The summed E-state index contributed by atoms with van der Waals surface area (Å²) in [5, 5.41) is 0.